The molecule has 1 aromatic carbocycles. The molecular weight excluding hydrogens is 267 g/mol. The molecule has 21 heavy (non-hydrogen) atoms. The summed E-state index contributed by atoms with van der Waals surface area (Å²) in [4.78, 5) is 13.0. The monoisotopic (exact) mass is 284 g/mol. The smallest absolute Gasteiger partial charge is 0.159 e. The number of likely N-dealkylation sites (tertiary alicyclic amines) is 1. The summed E-state index contributed by atoms with van der Waals surface area (Å²) in [6.07, 6.45) is 3.66. The number of hydrogen-bond donors (Lipinski definition) is 0. The first-order valence-electron chi connectivity index (χ1n) is 7.25. The van der Waals surface area contributed by atoms with Crippen LogP contribution in [0.1, 0.15) is 6.42 Å². The molecule has 0 unspecified atom stereocenters. The van der Waals surface area contributed by atoms with Gasteiger partial charge in [0.25, 0.3) is 0 Å². The highest BCUT2D eigenvalue weighted by molar-refractivity contribution is 5.61. The van der Waals surface area contributed by atoms with Crippen LogP contribution in [0.4, 0.5) is 10.1 Å². The van der Waals surface area contributed by atoms with Gasteiger partial charge >= 0.3 is 0 Å². The van der Waals surface area contributed by atoms with E-state index in [1.54, 1.807) is 0 Å². The molecule has 0 radical (unpaired) electrons. The molecule has 0 aliphatic carbocycles. The fourth-order valence-electron chi connectivity index (χ4n) is 3.45. The molecule has 2 aliphatic rings. The van der Waals surface area contributed by atoms with Crippen molar-refractivity contribution in [3.8, 4) is 11.4 Å². The maximum absolute atomic E-state index is 12.9. The minimum atomic E-state index is -0.410. The molecule has 3 heterocycles. The van der Waals surface area contributed by atoms with Gasteiger partial charge < -0.3 is 4.90 Å². The first kappa shape index (κ1) is 12.7. The number of likely N-dealkylation sites (N-methyl/N-ethyl adjacent to an activating group) is 1. The summed E-state index contributed by atoms with van der Waals surface area (Å²) in [7, 11) is 2.21. The average molecular weight is 284 g/mol. The zero-order chi connectivity index (χ0) is 14.4. The third-order valence-corrected chi connectivity index (χ3v) is 4.59. The molecule has 0 spiro atoms. The number of anilines is 1. The number of halogens is 1. The summed E-state index contributed by atoms with van der Waals surface area (Å²) in [5.41, 5.74) is 2.17. The Morgan fingerprint density at radius 1 is 1.05 bits per heavy atom. The lowest BCUT2D eigenvalue weighted by molar-refractivity contribution is 0.292. The van der Waals surface area contributed by atoms with E-state index in [-0.39, 0.29) is 0 Å². The second kappa shape index (κ2) is 4.77. The van der Waals surface area contributed by atoms with Gasteiger partial charge in [-0.2, -0.15) is 0 Å². The third-order valence-electron chi connectivity index (χ3n) is 4.59. The molecule has 1 aromatic heterocycles. The first-order valence-corrected chi connectivity index (χ1v) is 7.25. The number of aromatic nitrogens is 2. The third kappa shape index (κ3) is 2.17. The van der Waals surface area contributed by atoms with E-state index in [4.69, 9.17) is 0 Å². The summed E-state index contributed by atoms with van der Waals surface area (Å²) in [5.74, 6) is 0.151. The van der Waals surface area contributed by atoms with Gasteiger partial charge in [0.15, 0.2) is 11.6 Å². The van der Waals surface area contributed by atoms with Crippen LogP contribution in [0.3, 0.4) is 0 Å². The van der Waals surface area contributed by atoms with Crippen molar-refractivity contribution in [2.75, 3.05) is 25.0 Å². The lowest BCUT2D eigenvalue weighted by Gasteiger charge is -2.33. The van der Waals surface area contributed by atoms with E-state index in [1.807, 2.05) is 12.1 Å². The molecule has 2 saturated heterocycles. The number of rotatable bonds is 2. The van der Waals surface area contributed by atoms with Crippen LogP contribution in [0.2, 0.25) is 0 Å². The van der Waals surface area contributed by atoms with E-state index in [1.165, 1.54) is 24.5 Å². The van der Waals surface area contributed by atoms with Crippen LogP contribution < -0.4 is 4.90 Å². The van der Waals surface area contributed by atoms with Gasteiger partial charge in [-0.05, 0) is 37.7 Å². The molecule has 0 N–H and O–H groups in total. The van der Waals surface area contributed by atoms with E-state index < -0.39 is 5.82 Å². The van der Waals surface area contributed by atoms with Crippen LogP contribution in [0.25, 0.3) is 11.4 Å². The Labute approximate surface area is 123 Å². The van der Waals surface area contributed by atoms with Crippen molar-refractivity contribution in [1.29, 1.82) is 0 Å². The highest BCUT2D eigenvalue weighted by Crippen LogP contribution is 2.34. The van der Waals surface area contributed by atoms with Crippen molar-refractivity contribution in [2.24, 2.45) is 0 Å². The normalized spacial score (nSPS) is 24.8. The van der Waals surface area contributed by atoms with Crippen molar-refractivity contribution in [2.45, 2.75) is 18.5 Å². The van der Waals surface area contributed by atoms with E-state index in [2.05, 4.69) is 38.9 Å². The first-order chi connectivity index (χ1) is 10.2. The zero-order valence-electron chi connectivity index (χ0n) is 11.9. The van der Waals surface area contributed by atoms with Crippen molar-refractivity contribution >= 4 is 5.69 Å². The summed E-state index contributed by atoms with van der Waals surface area (Å²) in [5, 5.41) is 0. The van der Waals surface area contributed by atoms with Gasteiger partial charge in [-0.1, -0.05) is 0 Å². The Hall–Kier alpha value is -2.01. The molecule has 2 aromatic rings. The molecule has 0 saturated carbocycles. The second-order valence-corrected chi connectivity index (χ2v) is 5.91. The zero-order valence-corrected chi connectivity index (χ0v) is 11.9. The van der Waals surface area contributed by atoms with Gasteiger partial charge in [-0.3, -0.25) is 4.90 Å². The van der Waals surface area contributed by atoms with Gasteiger partial charge in [-0.25, -0.2) is 14.4 Å². The van der Waals surface area contributed by atoms with Gasteiger partial charge in [0.2, 0.25) is 0 Å². The van der Waals surface area contributed by atoms with Crippen LogP contribution in [-0.4, -0.2) is 47.1 Å². The number of hydrogen-bond acceptors (Lipinski definition) is 4. The Morgan fingerprint density at radius 3 is 2.33 bits per heavy atom. The minimum absolute atomic E-state index is 0.410. The van der Waals surface area contributed by atoms with E-state index in [0.717, 1.165) is 18.7 Å². The van der Waals surface area contributed by atoms with Crippen molar-refractivity contribution in [1.82, 2.24) is 14.9 Å². The fraction of sp³-hybridized carbons (Fsp3) is 0.375. The Kier molecular flexibility index (Phi) is 2.89. The van der Waals surface area contributed by atoms with Crippen LogP contribution in [0.5, 0.6) is 0 Å². The van der Waals surface area contributed by atoms with Gasteiger partial charge in [0, 0.05) is 36.4 Å². The summed E-state index contributed by atoms with van der Waals surface area (Å²) < 4.78 is 12.9. The van der Waals surface area contributed by atoms with Crippen LogP contribution >= 0.6 is 0 Å². The molecule has 108 valence electrons. The van der Waals surface area contributed by atoms with Crippen LogP contribution in [0, 0.1) is 5.82 Å². The summed E-state index contributed by atoms with van der Waals surface area (Å²) in [6.45, 7) is 2.25. The topological polar surface area (TPSA) is 32.3 Å². The minimum Gasteiger partial charge on any atom is -0.366 e. The number of fused-ring (bicyclic) bond motifs is 2. The number of nitrogens with zero attached hydrogens (tertiary/aromatic N) is 4. The molecule has 2 bridgehead atoms. The molecule has 2 atom stereocenters. The standard InChI is InChI=1S/C16H17FN4/c1-20-9-15-6-14(20)10-21(15)13-4-2-11(3-5-13)16-18-7-12(17)8-19-16/h2-5,7-8,14-15H,6,9-10H2,1H3/t14-,15-/m0/s1. The summed E-state index contributed by atoms with van der Waals surface area (Å²) in [6, 6.07) is 9.57. The Balaban J connectivity index is 1.56. The maximum atomic E-state index is 12.9. The SMILES string of the molecule is CN1C[C@@H]2C[C@H]1CN2c1ccc(-c2ncc(F)cn2)cc1. The lowest BCUT2D eigenvalue weighted by atomic mass is 10.1. The van der Waals surface area contributed by atoms with Crippen molar-refractivity contribution in [3.05, 3.63) is 42.5 Å². The molecular formula is C16H17FN4. The van der Waals surface area contributed by atoms with E-state index in [9.17, 15) is 4.39 Å². The van der Waals surface area contributed by atoms with Crippen LogP contribution in [-0.2, 0) is 0 Å². The second-order valence-electron chi connectivity index (χ2n) is 5.91. The van der Waals surface area contributed by atoms with E-state index in [0.29, 0.717) is 17.9 Å². The molecule has 0 amide bonds. The fourth-order valence-corrected chi connectivity index (χ4v) is 3.45. The predicted octanol–water partition coefficient (Wildman–Crippen LogP) is 2.18. The number of benzene rings is 1. The number of piperazine rings is 1. The van der Waals surface area contributed by atoms with Gasteiger partial charge in [-0.15, -0.1) is 0 Å². The molecule has 2 aliphatic heterocycles. The summed E-state index contributed by atoms with van der Waals surface area (Å²) >= 11 is 0. The predicted molar refractivity (Wildman–Crippen MR) is 79.6 cm³/mol. The highest BCUT2D eigenvalue weighted by Gasteiger charge is 2.41. The molecule has 5 heteroatoms. The Bertz CT molecular complexity index is 638. The molecule has 4 nitrogen and oxygen atoms in total. The van der Waals surface area contributed by atoms with Gasteiger partial charge in [0.1, 0.15) is 0 Å². The largest absolute Gasteiger partial charge is 0.366 e. The van der Waals surface area contributed by atoms with E-state index >= 15 is 0 Å². The Morgan fingerprint density at radius 2 is 1.76 bits per heavy atom. The lowest BCUT2D eigenvalue weighted by Crippen LogP contribution is -2.44. The molecule has 4 rings (SSSR count). The average Bonchev–Trinajstić information content (AvgIpc) is 3.07. The quantitative estimate of drug-likeness (QED) is 0.846. The molecule has 2 fully saturated rings. The van der Waals surface area contributed by atoms with Gasteiger partial charge in [0.05, 0.1) is 12.4 Å². The van der Waals surface area contributed by atoms with Crippen molar-refractivity contribution < 1.29 is 4.39 Å². The highest BCUT2D eigenvalue weighted by atomic mass is 19.1. The van der Waals surface area contributed by atoms with Crippen LogP contribution in [0.15, 0.2) is 36.7 Å². The maximum Gasteiger partial charge on any atom is 0.159 e. The van der Waals surface area contributed by atoms with Crippen molar-refractivity contribution in [3.63, 3.8) is 0 Å².